The third-order valence-electron chi connectivity index (χ3n) is 12.7. The Labute approximate surface area is 357 Å². The molecule has 3 heterocycles. The lowest BCUT2D eigenvalue weighted by molar-refractivity contribution is -0.129. The summed E-state index contributed by atoms with van der Waals surface area (Å²) < 4.78 is 13.3. The van der Waals surface area contributed by atoms with Crippen molar-refractivity contribution in [3.05, 3.63) is 40.5 Å². The van der Waals surface area contributed by atoms with Crippen LogP contribution in [0.25, 0.3) is 0 Å². The predicted octanol–water partition coefficient (Wildman–Crippen LogP) is 6.16. The highest BCUT2D eigenvalue weighted by Gasteiger charge is 2.34. The summed E-state index contributed by atoms with van der Waals surface area (Å²) >= 11 is 0. The number of benzene rings is 1. The number of aromatic amines is 1. The molecule has 334 valence electrons. The summed E-state index contributed by atoms with van der Waals surface area (Å²) in [5.74, 6) is 3.90. The van der Waals surface area contributed by atoms with E-state index in [1.807, 2.05) is 0 Å². The first kappa shape index (κ1) is 48.5. The molecule has 0 aliphatic carbocycles. The van der Waals surface area contributed by atoms with Crippen LogP contribution >= 0.6 is 0 Å². The van der Waals surface area contributed by atoms with E-state index >= 15 is 0 Å². The first-order valence-electron chi connectivity index (χ1n) is 23.2. The predicted molar refractivity (Wildman–Crippen MR) is 241 cm³/mol. The van der Waals surface area contributed by atoms with Crippen molar-refractivity contribution in [2.24, 2.45) is 17.8 Å². The molecule has 2 amide bonds. The van der Waals surface area contributed by atoms with Crippen molar-refractivity contribution >= 4 is 11.8 Å². The molecule has 1 fully saturated rings. The number of imidazole rings is 1. The smallest absolute Gasteiger partial charge is 0.243 e. The topological polar surface area (TPSA) is 145 Å². The lowest BCUT2D eigenvalue weighted by atomic mass is 9.83. The van der Waals surface area contributed by atoms with Gasteiger partial charge in [0.05, 0.1) is 19.4 Å². The largest absolute Gasteiger partial charge is 0.491 e. The van der Waals surface area contributed by atoms with Crippen LogP contribution in [0.2, 0.25) is 0 Å². The minimum absolute atomic E-state index is 0.160. The molecule has 2 aliphatic rings. The molecule has 4 rings (SSSR count). The van der Waals surface area contributed by atoms with E-state index < -0.39 is 6.04 Å². The maximum atomic E-state index is 13.6. The van der Waals surface area contributed by atoms with Gasteiger partial charge in [0.2, 0.25) is 11.8 Å². The second-order valence-electron chi connectivity index (χ2n) is 18.5. The van der Waals surface area contributed by atoms with Gasteiger partial charge in [-0.05, 0) is 87.8 Å². The molecule has 12 nitrogen and oxygen atoms in total. The SMILES string of the molecule is Cc1c(C)c2c(c(C)c1OCCNC(=O)[C@H](Cc1cnc[nH]1)NC(=O)CN1CCNCCNCCNCC1)CC[C@@](C)(CCC[C@H](C)CCC[C@H](C)CCCC(C)C)O2. The minimum atomic E-state index is -0.750. The number of ether oxygens (including phenoxy) is 2. The van der Waals surface area contributed by atoms with E-state index in [-0.39, 0.29) is 24.0 Å². The molecule has 0 saturated carbocycles. The third-order valence-corrected chi connectivity index (χ3v) is 12.7. The quantitative estimate of drug-likeness (QED) is 0.0770. The monoisotopic (exact) mass is 823 g/mol. The van der Waals surface area contributed by atoms with Crippen molar-refractivity contribution in [3.63, 3.8) is 0 Å². The highest BCUT2D eigenvalue weighted by Crippen LogP contribution is 2.45. The van der Waals surface area contributed by atoms with Crippen LogP contribution in [0, 0.1) is 38.5 Å². The third kappa shape index (κ3) is 17.0. The van der Waals surface area contributed by atoms with Crippen LogP contribution < -0.4 is 36.1 Å². The van der Waals surface area contributed by atoms with E-state index in [9.17, 15) is 9.59 Å². The van der Waals surface area contributed by atoms with Crippen molar-refractivity contribution < 1.29 is 19.1 Å². The van der Waals surface area contributed by atoms with E-state index in [2.05, 4.69) is 96.8 Å². The minimum Gasteiger partial charge on any atom is -0.491 e. The van der Waals surface area contributed by atoms with Gasteiger partial charge in [-0.2, -0.15) is 0 Å². The number of hydrogen-bond donors (Lipinski definition) is 6. The van der Waals surface area contributed by atoms with Gasteiger partial charge in [0.25, 0.3) is 0 Å². The number of nitrogens with zero attached hydrogens (tertiary/aromatic N) is 2. The number of amides is 2. The Morgan fingerprint density at radius 3 is 2.12 bits per heavy atom. The fourth-order valence-electron chi connectivity index (χ4n) is 8.67. The van der Waals surface area contributed by atoms with E-state index in [0.717, 1.165) is 123 Å². The van der Waals surface area contributed by atoms with Crippen LogP contribution in [0.15, 0.2) is 12.5 Å². The summed E-state index contributed by atoms with van der Waals surface area (Å²) in [6.45, 7) is 25.7. The summed E-state index contributed by atoms with van der Waals surface area (Å²) in [4.78, 5) is 36.2. The molecular weight excluding hydrogens is 741 g/mol. The van der Waals surface area contributed by atoms with Crippen LogP contribution in [0.1, 0.15) is 127 Å². The van der Waals surface area contributed by atoms with Crippen LogP contribution in [0.5, 0.6) is 11.5 Å². The van der Waals surface area contributed by atoms with Gasteiger partial charge in [0, 0.05) is 76.2 Å². The molecule has 0 unspecified atom stereocenters. The maximum Gasteiger partial charge on any atom is 0.243 e. The molecular formula is C47H82N8O4. The van der Waals surface area contributed by atoms with Gasteiger partial charge in [-0.3, -0.25) is 14.5 Å². The first-order valence-corrected chi connectivity index (χ1v) is 23.2. The fraction of sp³-hybridized carbons (Fsp3) is 0.766. The van der Waals surface area contributed by atoms with Crippen LogP contribution in [-0.4, -0.2) is 110 Å². The van der Waals surface area contributed by atoms with Gasteiger partial charge in [0.1, 0.15) is 29.7 Å². The Morgan fingerprint density at radius 2 is 1.49 bits per heavy atom. The lowest BCUT2D eigenvalue weighted by Gasteiger charge is -2.38. The molecule has 4 atom stereocenters. The molecule has 6 N–H and O–H groups in total. The van der Waals surface area contributed by atoms with Gasteiger partial charge < -0.3 is 41.0 Å². The summed E-state index contributed by atoms with van der Waals surface area (Å²) in [5, 5.41) is 16.3. The van der Waals surface area contributed by atoms with Gasteiger partial charge in [-0.25, -0.2) is 4.98 Å². The summed E-state index contributed by atoms with van der Waals surface area (Å²) in [6, 6.07) is -0.750. The van der Waals surface area contributed by atoms with Gasteiger partial charge >= 0.3 is 0 Å². The average molecular weight is 823 g/mol. The van der Waals surface area contributed by atoms with Crippen molar-refractivity contribution in [2.75, 3.05) is 72.1 Å². The highest BCUT2D eigenvalue weighted by molar-refractivity contribution is 5.88. The molecule has 0 radical (unpaired) electrons. The van der Waals surface area contributed by atoms with Crippen LogP contribution in [-0.2, 0) is 22.4 Å². The molecule has 1 aromatic heterocycles. The zero-order valence-electron chi connectivity index (χ0n) is 38.3. The van der Waals surface area contributed by atoms with E-state index in [1.165, 1.54) is 56.9 Å². The van der Waals surface area contributed by atoms with Crippen molar-refractivity contribution in [1.29, 1.82) is 0 Å². The van der Waals surface area contributed by atoms with Crippen molar-refractivity contribution in [2.45, 2.75) is 144 Å². The first-order chi connectivity index (χ1) is 28.3. The Bertz CT molecular complexity index is 1520. The number of hydrogen-bond acceptors (Lipinski definition) is 9. The summed E-state index contributed by atoms with van der Waals surface area (Å²) in [5.41, 5.74) is 5.20. The van der Waals surface area contributed by atoms with Crippen molar-refractivity contribution in [1.82, 2.24) is 41.5 Å². The molecule has 59 heavy (non-hydrogen) atoms. The Morgan fingerprint density at radius 1 is 0.864 bits per heavy atom. The van der Waals surface area contributed by atoms with E-state index in [0.29, 0.717) is 19.6 Å². The number of carbonyl (C=O) groups is 2. The van der Waals surface area contributed by atoms with E-state index in [1.54, 1.807) is 12.5 Å². The summed E-state index contributed by atoms with van der Waals surface area (Å²) in [6.07, 6.45) is 17.2. The molecule has 1 saturated heterocycles. The molecule has 12 heteroatoms. The van der Waals surface area contributed by atoms with Crippen LogP contribution in [0.4, 0.5) is 0 Å². The van der Waals surface area contributed by atoms with Crippen LogP contribution in [0.3, 0.4) is 0 Å². The number of fused-ring (bicyclic) bond motifs is 1. The second kappa shape index (κ2) is 25.6. The number of carbonyl (C=O) groups excluding carboxylic acids is 2. The number of nitrogens with one attached hydrogen (secondary N) is 6. The maximum absolute atomic E-state index is 13.6. The number of H-pyrrole nitrogens is 1. The standard InChI is InChI=1S/C47H82N8O4/c1-34(2)12-9-13-35(3)14-10-15-36(4)16-11-18-47(8)19-17-41-39(7)44(37(5)38(6)45(41)59-47)58-29-26-52-46(57)42(30-40-31-51-33-53-40)54-43(56)32-55-27-24-49-22-20-48-21-23-50-25-28-55/h31,33-36,42,48-50H,9-30,32H2,1-8H3,(H,51,53)(H,52,57)(H,54,56)/t35-,36-,42+,47-/m1/s1. The van der Waals surface area contributed by atoms with Gasteiger partial charge in [-0.1, -0.05) is 72.6 Å². The summed E-state index contributed by atoms with van der Waals surface area (Å²) in [7, 11) is 0. The molecule has 2 aromatic rings. The molecule has 2 aliphatic heterocycles. The van der Waals surface area contributed by atoms with Gasteiger partial charge in [0.15, 0.2) is 0 Å². The fourth-order valence-corrected chi connectivity index (χ4v) is 8.67. The Hall–Kier alpha value is -3.19. The Kier molecular flexibility index (Phi) is 21.0. The average Bonchev–Trinajstić information content (AvgIpc) is 3.70. The van der Waals surface area contributed by atoms with Gasteiger partial charge in [-0.15, -0.1) is 0 Å². The lowest BCUT2D eigenvalue weighted by Crippen LogP contribution is -2.52. The highest BCUT2D eigenvalue weighted by atomic mass is 16.5. The zero-order chi connectivity index (χ0) is 42.6. The number of rotatable bonds is 22. The Balaban J connectivity index is 1.25. The van der Waals surface area contributed by atoms with E-state index in [4.69, 9.17) is 9.47 Å². The normalized spacial score (nSPS) is 19.7. The zero-order valence-corrected chi connectivity index (χ0v) is 38.3. The van der Waals surface area contributed by atoms with Crippen molar-refractivity contribution in [3.8, 4) is 11.5 Å². The molecule has 1 aromatic carbocycles. The second-order valence-corrected chi connectivity index (χ2v) is 18.5. The molecule has 0 bridgehead atoms. The molecule has 0 spiro atoms. The number of aromatic nitrogens is 2.